The number of nitrogens with two attached hydrogens (primary N) is 1. The van der Waals surface area contributed by atoms with E-state index in [2.05, 4.69) is 10.1 Å². The van der Waals surface area contributed by atoms with E-state index in [0.717, 1.165) is 24.8 Å². The van der Waals surface area contributed by atoms with Crippen LogP contribution in [0.1, 0.15) is 31.1 Å². The van der Waals surface area contributed by atoms with Gasteiger partial charge in [0.2, 0.25) is 11.7 Å². The lowest BCUT2D eigenvalue weighted by Gasteiger charge is -2.12. The molecule has 1 heterocycles. The molecule has 1 aliphatic carbocycles. The van der Waals surface area contributed by atoms with E-state index < -0.39 is 0 Å². The Morgan fingerprint density at radius 3 is 2.65 bits per heavy atom. The molecule has 0 amide bonds. The van der Waals surface area contributed by atoms with E-state index in [1.54, 1.807) is 18.2 Å². The highest BCUT2D eigenvalue weighted by atomic mass is 35.5. The summed E-state index contributed by atoms with van der Waals surface area (Å²) in [5.74, 6) is 1.90. The maximum atomic E-state index is 5.99. The molecule has 4 nitrogen and oxygen atoms in total. The number of halogens is 2. The van der Waals surface area contributed by atoms with Crippen LogP contribution < -0.4 is 5.73 Å². The number of hydrogen-bond acceptors (Lipinski definition) is 4. The largest absolute Gasteiger partial charge is 0.339 e. The Hall–Kier alpha value is -1.10. The third-order valence-corrected chi connectivity index (χ3v) is 4.28. The van der Waals surface area contributed by atoms with Crippen molar-refractivity contribution in [1.29, 1.82) is 0 Å². The molecular weight excluding hydrogens is 297 g/mol. The lowest BCUT2D eigenvalue weighted by atomic mass is 9.96. The monoisotopic (exact) mass is 311 g/mol. The number of aromatic nitrogens is 2. The van der Waals surface area contributed by atoms with E-state index in [1.807, 2.05) is 0 Å². The molecule has 0 radical (unpaired) electrons. The summed E-state index contributed by atoms with van der Waals surface area (Å²) in [7, 11) is 0. The Labute approximate surface area is 127 Å². The predicted molar refractivity (Wildman–Crippen MR) is 78.9 cm³/mol. The molecule has 1 aromatic carbocycles. The third kappa shape index (κ3) is 2.68. The Morgan fingerprint density at radius 1 is 1.20 bits per heavy atom. The van der Waals surface area contributed by atoms with Crippen LogP contribution in [-0.4, -0.2) is 16.7 Å². The molecule has 2 aromatic rings. The normalized spacial score (nSPS) is 22.4. The molecule has 1 saturated carbocycles. The van der Waals surface area contributed by atoms with Crippen molar-refractivity contribution in [3.63, 3.8) is 0 Å². The van der Waals surface area contributed by atoms with Gasteiger partial charge in [0.15, 0.2) is 0 Å². The van der Waals surface area contributed by atoms with Crippen molar-refractivity contribution in [2.75, 3.05) is 6.54 Å². The van der Waals surface area contributed by atoms with Crippen LogP contribution in [0.4, 0.5) is 0 Å². The highest BCUT2D eigenvalue weighted by Crippen LogP contribution is 2.38. The van der Waals surface area contributed by atoms with Crippen LogP contribution in [0.15, 0.2) is 22.7 Å². The number of benzene rings is 1. The van der Waals surface area contributed by atoms with Gasteiger partial charge in [-0.3, -0.25) is 0 Å². The smallest absolute Gasteiger partial charge is 0.230 e. The molecule has 1 aromatic heterocycles. The summed E-state index contributed by atoms with van der Waals surface area (Å²) < 4.78 is 5.41. The van der Waals surface area contributed by atoms with Gasteiger partial charge in [-0.2, -0.15) is 4.98 Å². The number of hydrogen-bond donors (Lipinski definition) is 1. The second kappa shape index (κ2) is 5.72. The topological polar surface area (TPSA) is 64.9 Å². The summed E-state index contributed by atoms with van der Waals surface area (Å²) in [5.41, 5.74) is 6.56. The zero-order valence-electron chi connectivity index (χ0n) is 10.9. The van der Waals surface area contributed by atoms with Gasteiger partial charge in [-0.1, -0.05) is 34.8 Å². The Morgan fingerprint density at radius 2 is 1.95 bits per heavy atom. The second-order valence-electron chi connectivity index (χ2n) is 5.15. The van der Waals surface area contributed by atoms with Crippen molar-refractivity contribution in [2.24, 2.45) is 11.7 Å². The highest BCUT2D eigenvalue weighted by molar-refractivity contribution is 6.35. The maximum Gasteiger partial charge on any atom is 0.230 e. The zero-order chi connectivity index (χ0) is 14.1. The summed E-state index contributed by atoms with van der Waals surface area (Å²) in [6, 6.07) is 5.23. The molecule has 3 rings (SSSR count). The number of nitrogens with zero attached hydrogens (tertiary/aromatic N) is 2. The van der Waals surface area contributed by atoms with Gasteiger partial charge in [0.05, 0.1) is 0 Å². The molecule has 106 valence electrons. The molecule has 0 aliphatic heterocycles. The summed E-state index contributed by atoms with van der Waals surface area (Å²) in [6.07, 6.45) is 3.34. The van der Waals surface area contributed by atoms with Gasteiger partial charge < -0.3 is 10.3 Å². The minimum Gasteiger partial charge on any atom is -0.339 e. The molecule has 2 atom stereocenters. The molecular formula is C14H15Cl2N3O. The second-order valence-corrected chi connectivity index (χ2v) is 6.02. The van der Waals surface area contributed by atoms with E-state index >= 15 is 0 Å². The van der Waals surface area contributed by atoms with Crippen LogP contribution in [0.5, 0.6) is 0 Å². The van der Waals surface area contributed by atoms with Crippen molar-refractivity contribution in [1.82, 2.24) is 10.1 Å². The van der Waals surface area contributed by atoms with Gasteiger partial charge in [-0.15, -0.1) is 0 Å². The first-order valence-electron chi connectivity index (χ1n) is 6.67. The van der Waals surface area contributed by atoms with E-state index in [-0.39, 0.29) is 5.92 Å². The molecule has 1 aliphatic rings. The quantitative estimate of drug-likeness (QED) is 0.934. The first-order chi connectivity index (χ1) is 9.67. The SMILES string of the molecule is NCC1CCCC1c1nc(-c2cc(Cl)cc(Cl)c2)no1. The lowest BCUT2D eigenvalue weighted by Crippen LogP contribution is -2.17. The average molecular weight is 312 g/mol. The Kier molecular flexibility index (Phi) is 3.96. The fourth-order valence-electron chi connectivity index (χ4n) is 2.83. The van der Waals surface area contributed by atoms with E-state index in [0.29, 0.717) is 34.2 Å². The molecule has 1 fully saturated rings. The molecule has 6 heteroatoms. The van der Waals surface area contributed by atoms with Gasteiger partial charge in [0.1, 0.15) is 0 Å². The standard InChI is InChI=1S/C14H15Cl2N3O/c15-10-4-9(5-11(16)6-10)13-18-14(20-19-13)12-3-1-2-8(12)7-17/h4-6,8,12H,1-3,7,17H2. The fourth-order valence-corrected chi connectivity index (χ4v) is 3.36. The van der Waals surface area contributed by atoms with Crippen LogP contribution >= 0.6 is 23.2 Å². The Bertz CT molecular complexity index is 594. The van der Waals surface area contributed by atoms with Crippen molar-refractivity contribution < 1.29 is 4.52 Å². The summed E-state index contributed by atoms with van der Waals surface area (Å²) in [5, 5.41) is 5.15. The molecule has 2 unspecified atom stereocenters. The first-order valence-corrected chi connectivity index (χ1v) is 7.43. The van der Waals surface area contributed by atoms with Gasteiger partial charge >= 0.3 is 0 Å². The fraction of sp³-hybridized carbons (Fsp3) is 0.429. The van der Waals surface area contributed by atoms with Crippen LogP contribution in [-0.2, 0) is 0 Å². The van der Waals surface area contributed by atoms with E-state index in [9.17, 15) is 0 Å². The number of rotatable bonds is 3. The minimum absolute atomic E-state index is 0.274. The van der Waals surface area contributed by atoms with Crippen molar-refractivity contribution in [3.05, 3.63) is 34.1 Å². The van der Waals surface area contributed by atoms with Crippen LogP contribution in [0.3, 0.4) is 0 Å². The third-order valence-electron chi connectivity index (χ3n) is 3.84. The average Bonchev–Trinajstić information content (AvgIpc) is 3.06. The summed E-state index contributed by atoms with van der Waals surface area (Å²) in [6.45, 7) is 0.658. The van der Waals surface area contributed by atoms with Gasteiger partial charge in [-0.05, 0) is 43.5 Å². The van der Waals surface area contributed by atoms with E-state index in [1.165, 1.54) is 0 Å². The zero-order valence-corrected chi connectivity index (χ0v) is 12.4. The van der Waals surface area contributed by atoms with Crippen LogP contribution in [0, 0.1) is 5.92 Å². The minimum atomic E-state index is 0.274. The molecule has 2 N–H and O–H groups in total. The maximum absolute atomic E-state index is 5.99. The molecule has 20 heavy (non-hydrogen) atoms. The first kappa shape index (κ1) is 13.9. The summed E-state index contributed by atoms with van der Waals surface area (Å²) in [4.78, 5) is 4.49. The van der Waals surface area contributed by atoms with Crippen LogP contribution in [0.25, 0.3) is 11.4 Å². The highest BCUT2D eigenvalue weighted by Gasteiger charge is 2.32. The van der Waals surface area contributed by atoms with Gasteiger partial charge in [0.25, 0.3) is 0 Å². The van der Waals surface area contributed by atoms with E-state index in [4.69, 9.17) is 33.5 Å². The molecule has 0 saturated heterocycles. The molecule has 0 bridgehead atoms. The summed E-state index contributed by atoms with van der Waals surface area (Å²) >= 11 is 12.0. The van der Waals surface area contributed by atoms with Gasteiger partial charge in [-0.25, -0.2) is 0 Å². The van der Waals surface area contributed by atoms with Gasteiger partial charge in [0, 0.05) is 21.5 Å². The van der Waals surface area contributed by atoms with Crippen molar-refractivity contribution in [2.45, 2.75) is 25.2 Å². The predicted octanol–water partition coefficient (Wildman–Crippen LogP) is 3.89. The lowest BCUT2D eigenvalue weighted by molar-refractivity contribution is 0.326. The Balaban J connectivity index is 1.90. The van der Waals surface area contributed by atoms with Crippen molar-refractivity contribution >= 4 is 23.2 Å². The van der Waals surface area contributed by atoms with Crippen LogP contribution in [0.2, 0.25) is 10.0 Å². The molecule has 0 spiro atoms. The van der Waals surface area contributed by atoms with Crippen molar-refractivity contribution in [3.8, 4) is 11.4 Å².